The van der Waals surface area contributed by atoms with Crippen LogP contribution in [0.4, 0.5) is 0 Å². The van der Waals surface area contributed by atoms with Gasteiger partial charge in [-0.1, -0.05) is 11.6 Å². The number of allylic oxidation sites excluding steroid dienone is 1. The second-order valence-corrected chi connectivity index (χ2v) is 14.0. The molecule has 1 aliphatic heterocycles. The lowest BCUT2D eigenvalue weighted by Gasteiger charge is -2.15. The van der Waals surface area contributed by atoms with Crippen LogP contribution in [0.25, 0.3) is 22.0 Å². The van der Waals surface area contributed by atoms with Gasteiger partial charge in [0, 0.05) is 86.9 Å². The van der Waals surface area contributed by atoms with Crippen LogP contribution in [0.15, 0.2) is 40.9 Å². The fraction of sp³-hybridized carbons (Fsp3) is 0.382. The summed E-state index contributed by atoms with van der Waals surface area (Å²) in [7, 11) is 3.83. The molecule has 0 amide bonds. The van der Waals surface area contributed by atoms with Gasteiger partial charge in [0.05, 0.1) is 12.3 Å². The Bertz CT molecular complexity index is 1860. The molecule has 236 valence electrons. The molecule has 0 spiro atoms. The van der Waals surface area contributed by atoms with Crippen molar-refractivity contribution in [3.8, 4) is 16.9 Å². The Morgan fingerprint density at radius 1 is 1.13 bits per heavy atom. The molecule has 8 nitrogen and oxygen atoms in total. The van der Waals surface area contributed by atoms with Crippen LogP contribution in [0.1, 0.15) is 51.4 Å². The second kappa shape index (κ2) is 13.2. The molecule has 45 heavy (non-hydrogen) atoms. The minimum atomic E-state index is -0.965. The predicted octanol–water partition coefficient (Wildman–Crippen LogP) is 7.43. The van der Waals surface area contributed by atoms with Crippen LogP contribution in [0.3, 0.4) is 0 Å². The zero-order valence-electron chi connectivity index (χ0n) is 26.1. The third kappa shape index (κ3) is 6.12. The monoisotopic (exact) mass is 663 g/mol. The minimum Gasteiger partial charge on any atom is -0.493 e. The van der Waals surface area contributed by atoms with Gasteiger partial charge < -0.3 is 25.1 Å². The lowest BCUT2D eigenvalue weighted by molar-refractivity contribution is 0.0684. The third-order valence-corrected chi connectivity index (χ3v) is 11.2. The molecule has 2 aromatic heterocycles. The number of fused-ring (bicyclic) bond motifs is 6. The zero-order chi connectivity index (χ0) is 31.8. The fourth-order valence-electron chi connectivity index (χ4n) is 6.58. The van der Waals surface area contributed by atoms with Crippen LogP contribution >= 0.6 is 35.1 Å². The molecule has 6 bridgehead atoms. The molecule has 6 rings (SSSR count). The predicted molar refractivity (Wildman–Crippen MR) is 186 cm³/mol. The van der Waals surface area contributed by atoms with Crippen molar-refractivity contribution < 1.29 is 14.6 Å². The van der Waals surface area contributed by atoms with E-state index in [9.17, 15) is 9.90 Å². The first-order chi connectivity index (χ1) is 21.7. The average Bonchev–Trinajstić information content (AvgIpc) is 3.67. The highest BCUT2D eigenvalue weighted by molar-refractivity contribution is 7.99. The molecule has 0 saturated carbocycles. The molecule has 3 N–H and O–H groups in total. The van der Waals surface area contributed by atoms with Crippen molar-refractivity contribution in [3.05, 3.63) is 74.8 Å². The van der Waals surface area contributed by atoms with E-state index in [1.54, 1.807) is 23.5 Å². The van der Waals surface area contributed by atoms with Gasteiger partial charge in [-0.25, -0.2) is 4.79 Å². The van der Waals surface area contributed by atoms with Crippen molar-refractivity contribution in [2.75, 3.05) is 25.2 Å². The Morgan fingerprint density at radius 2 is 1.96 bits per heavy atom. The highest BCUT2D eigenvalue weighted by atomic mass is 35.5. The number of thioether (sulfide) groups is 2. The normalized spacial score (nSPS) is 17.3. The number of carbonyl (C=O) groups is 1. The first kappa shape index (κ1) is 31.6. The Morgan fingerprint density at radius 3 is 2.73 bits per heavy atom. The Kier molecular flexibility index (Phi) is 9.27. The van der Waals surface area contributed by atoms with E-state index in [-0.39, 0.29) is 5.69 Å². The third-order valence-electron chi connectivity index (χ3n) is 8.77. The van der Waals surface area contributed by atoms with Crippen molar-refractivity contribution in [2.45, 2.75) is 56.7 Å². The molecule has 11 heteroatoms. The standard InChI is InChI=1S/C34H38ClN5O3S2/c1-19-30-28-10-9-26(35)32(30)31-20(2)39(4)38-27(31)18-44-16-22(36)14-23(37-3)17-45-29-15-24(13-21-7-5-8-25(21)29)43-12-6-11-40(28)33(19)34(41)42/h9-10,13-15,36-37H,5-8,11-12,16-18H2,1-4H3,(H,41,42)/b23-14-,36-22?. The Hall–Kier alpha value is -3.34. The first-order valence-corrected chi connectivity index (χ1v) is 17.7. The van der Waals surface area contributed by atoms with Gasteiger partial charge in [0.15, 0.2) is 0 Å². The van der Waals surface area contributed by atoms with E-state index in [4.69, 9.17) is 26.8 Å². The maximum Gasteiger partial charge on any atom is 0.352 e. The molecule has 0 fully saturated rings. The summed E-state index contributed by atoms with van der Waals surface area (Å²) < 4.78 is 10.1. The number of hydrogen-bond donors (Lipinski definition) is 3. The minimum absolute atomic E-state index is 0.268. The number of carboxylic acid groups (broad SMARTS) is 1. The molecule has 1 aliphatic carbocycles. The van der Waals surface area contributed by atoms with E-state index in [1.807, 2.05) is 55.4 Å². The number of benzene rings is 2. The Labute approximate surface area is 277 Å². The van der Waals surface area contributed by atoms with E-state index in [0.29, 0.717) is 47.4 Å². The van der Waals surface area contributed by atoms with Crippen LogP contribution in [-0.2, 0) is 32.2 Å². The summed E-state index contributed by atoms with van der Waals surface area (Å²) in [4.78, 5) is 13.9. The number of hydrogen-bond acceptors (Lipinski definition) is 7. The molecular formula is C34H38ClN5O3S2. The molecule has 0 atom stereocenters. The maximum absolute atomic E-state index is 12.7. The van der Waals surface area contributed by atoms with Gasteiger partial charge in [0.1, 0.15) is 11.4 Å². The molecular weight excluding hydrogens is 626 g/mol. The number of aryl methyl sites for hydroxylation is 4. The summed E-state index contributed by atoms with van der Waals surface area (Å²) in [5, 5.41) is 28.6. The molecule has 0 unspecified atom stereocenters. The molecule has 4 aromatic rings. The summed E-state index contributed by atoms with van der Waals surface area (Å²) in [5.74, 6) is 1.74. The fourth-order valence-corrected chi connectivity index (χ4v) is 8.78. The number of ether oxygens (including phenoxy) is 1. The van der Waals surface area contributed by atoms with Crippen LogP contribution in [0.2, 0.25) is 5.02 Å². The summed E-state index contributed by atoms with van der Waals surface area (Å²) in [6.45, 7) is 4.84. The number of nitrogens with one attached hydrogen (secondary N) is 2. The van der Waals surface area contributed by atoms with Crippen molar-refractivity contribution in [1.82, 2.24) is 19.7 Å². The highest BCUT2D eigenvalue weighted by Gasteiger charge is 2.27. The van der Waals surface area contributed by atoms with Crippen LogP contribution in [0, 0.1) is 19.3 Å². The molecule has 3 heterocycles. The van der Waals surface area contributed by atoms with Crippen LogP contribution < -0.4 is 10.1 Å². The Balaban J connectivity index is 1.45. The second-order valence-electron chi connectivity index (χ2n) is 11.6. The van der Waals surface area contributed by atoms with Gasteiger partial charge in [-0.15, -0.1) is 23.5 Å². The number of rotatable bonds is 2. The van der Waals surface area contributed by atoms with Crippen molar-refractivity contribution in [3.63, 3.8) is 0 Å². The lowest BCUT2D eigenvalue weighted by atomic mass is 9.97. The SMILES string of the molecule is CN/C1=C\C(=N)CSCc2nn(C)c(C)c2-c2c(Cl)ccc3c2c(C)c(C(=O)O)n3CCCOc2cc3c(c(c2)SC1)CCC3. The molecule has 0 saturated heterocycles. The van der Waals surface area contributed by atoms with Crippen molar-refractivity contribution in [2.24, 2.45) is 7.05 Å². The number of aromatic nitrogens is 3. The number of nitrogens with zero attached hydrogens (tertiary/aromatic N) is 3. The van der Waals surface area contributed by atoms with E-state index in [1.165, 1.54) is 16.0 Å². The lowest BCUT2D eigenvalue weighted by Crippen LogP contribution is -2.12. The molecule has 2 aliphatic rings. The van der Waals surface area contributed by atoms with Gasteiger partial charge in [-0.05, 0) is 86.6 Å². The number of carboxylic acids is 1. The topological polar surface area (TPSA) is 105 Å². The van der Waals surface area contributed by atoms with Gasteiger partial charge in [0.25, 0.3) is 0 Å². The van der Waals surface area contributed by atoms with Gasteiger partial charge in [-0.3, -0.25) is 4.68 Å². The average molecular weight is 664 g/mol. The van der Waals surface area contributed by atoms with E-state index in [0.717, 1.165) is 69.9 Å². The number of aromatic carboxylic acids is 1. The molecule has 2 aromatic carbocycles. The van der Waals surface area contributed by atoms with Crippen molar-refractivity contribution in [1.29, 1.82) is 5.41 Å². The quantitative estimate of drug-likeness (QED) is 0.205. The van der Waals surface area contributed by atoms with Crippen molar-refractivity contribution >= 4 is 57.7 Å². The summed E-state index contributed by atoms with van der Waals surface area (Å²) in [6, 6.07) is 8.10. The van der Waals surface area contributed by atoms with E-state index >= 15 is 0 Å². The highest BCUT2D eigenvalue weighted by Crippen LogP contribution is 2.43. The van der Waals surface area contributed by atoms with Crippen LogP contribution in [-0.4, -0.2) is 56.3 Å². The van der Waals surface area contributed by atoms with E-state index in [2.05, 4.69) is 17.4 Å². The first-order valence-electron chi connectivity index (χ1n) is 15.2. The number of halogens is 1. The maximum atomic E-state index is 12.7. The molecule has 0 radical (unpaired) electrons. The largest absolute Gasteiger partial charge is 0.493 e. The smallest absolute Gasteiger partial charge is 0.352 e. The van der Waals surface area contributed by atoms with Gasteiger partial charge in [0.2, 0.25) is 0 Å². The van der Waals surface area contributed by atoms with Gasteiger partial charge >= 0.3 is 5.97 Å². The van der Waals surface area contributed by atoms with Gasteiger partial charge in [-0.2, -0.15) is 5.10 Å². The summed E-state index contributed by atoms with van der Waals surface area (Å²) >= 11 is 10.4. The summed E-state index contributed by atoms with van der Waals surface area (Å²) in [5.41, 5.74) is 9.64. The van der Waals surface area contributed by atoms with E-state index < -0.39 is 5.97 Å². The van der Waals surface area contributed by atoms with Crippen LogP contribution in [0.5, 0.6) is 5.75 Å². The zero-order valence-corrected chi connectivity index (χ0v) is 28.4. The summed E-state index contributed by atoms with van der Waals surface area (Å²) in [6.07, 6.45) is 5.84.